The van der Waals surface area contributed by atoms with Crippen LogP contribution in [0.4, 0.5) is 0 Å². The number of halogens is 1. The molecule has 1 N–H and O–H groups in total. The quantitative estimate of drug-likeness (QED) is 0.369. The summed E-state index contributed by atoms with van der Waals surface area (Å²) in [5, 5.41) is 2.70. The van der Waals surface area contributed by atoms with Crippen LogP contribution in [0.15, 0.2) is 29.2 Å². The first-order chi connectivity index (χ1) is 8.58. The van der Waals surface area contributed by atoms with Gasteiger partial charge in [-0.2, -0.15) is 0 Å². The van der Waals surface area contributed by atoms with Crippen LogP contribution >= 0.6 is 34.4 Å². The van der Waals surface area contributed by atoms with E-state index < -0.39 is 0 Å². The first-order valence-corrected chi connectivity index (χ1v) is 7.69. The van der Waals surface area contributed by atoms with Gasteiger partial charge in [0.1, 0.15) is 3.92 Å². The summed E-state index contributed by atoms with van der Waals surface area (Å²) in [4.78, 5) is 24.1. The van der Waals surface area contributed by atoms with Crippen LogP contribution in [0.25, 0.3) is 0 Å². The number of benzene rings is 1. The molecule has 0 bridgehead atoms. The third-order valence-electron chi connectivity index (χ3n) is 2.25. The van der Waals surface area contributed by atoms with Gasteiger partial charge in [-0.1, -0.05) is 22.6 Å². The van der Waals surface area contributed by atoms with Crippen molar-refractivity contribution in [3.8, 4) is 0 Å². The van der Waals surface area contributed by atoms with Crippen molar-refractivity contribution in [1.82, 2.24) is 5.32 Å². The molecule has 1 unspecified atom stereocenters. The Balaban J connectivity index is 2.52. The molecule has 0 spiro atoms. The molecule has 0 radical (unpaired) electrons. The highest BCUT2D eigenvalue weighted by Crippen LogP contribution is 2.14. The topological polar surface area (TPSA) is 55.4 Å². The summed E-state index contributed by atoms with van der Waals surface area (Å²) in [5.74, 6) is -0.526. The molecule has 0 aliphatic heterocycles. The maximum atomic E-state index is 11.8. The zero-order chi connectivity index (χ0) is 13.5. The van der Waals surface area contributed by atoms with E-state index in [9.17, 15) is 9.59 Å². The third-order valence-corrected chi connectivity index (χ3v) is 3.94. The van der Waals surface area contributed by atoms with Gasteiger partial charge in [0.2, 0.25) is 0 Å². The molecule has 1 amide bonds. The minimum absolute atomic E-state index is 0.187. The summed E-state index contributed by atoms with van der Waals surface area (Å²) in [6.07, 6.45) is 1.98. The number of hydrogen-bond donors (Lipinski definition) is 1. The van der Waals surface area contributed by atoms with Crippen molar-refractivity contribution in [3.63, 3.8) is 0 Å². The first kappa shape index (κ1) is 15.3. The van der Waals surface area contributed by atoms with Crippen LogP contribution in [0.5, 0.6) is 0 Å². The highest BCUT2D eigenvalue weighted by molar-refractivity contribution is 14.1. The zero-order valence-electron chi connectivity index (χ0n) is 10.1. The lowest BCUT2D eigenvalue weighted by Gasteiger charge is -2.09. The molecule has 0 aliphatic carbocycles. The lowest BCUT2D eigenvalue weighted by molar-refractivity contribution is -0.139. The van der Waals surface area contributed by atoms with E-state index in [1.165, 1.54) is 7.11 Å². The van der Waals surface area contributed by atoms with E-state index in [-0.39, 0.29) is 22.3 Å². The molecule has 1 aromatic carbocycles. The fraction of sp³-hybridized carbons (Fsp3) is 0.333. The lowest BCUT2D eigenvalue weighted by atomic mass is 10.2. The smallest absolute Gasteiger partial charge is 0.320 e. The van der Waals surface area contributed by atoms with Gasteiger partial charge in [-0.25, -0.2) is 0 Å². The van der Waals surface area contributed by atoms with Crippen molar-refractivity contribution in [2.45, 2.75) is 8.82 Å². The number of nitrogens with one attached hydrogen (secondary N) is 1. The Kier molecular flexibility index (Phi) is 6.48. The van der Waals surface area contributed by atoms with Crippen molar-refractivity contribution in [3.05, 3.63) is 29.8 Å². The third kappa shape index (κ3) is 4.49. The number of methoxy groups -OCH3 is 1. The molecule has 6 heteroatoms. The summed E-state index contributed by atoms with van der Waals surface area (Å²) in [5.41, 5.74) is 0.585. The van der Waals surface area contributed by atoms with E-state index in [0.29, 0.717) is 5.56 Å². The van der Waals surface area contributed by atoms with Crippen LogP contribution in [0.3, 0.4) is 0 Å². The van der Waals surface area contributed by atoms with Crippen LogP contribution in [0, 0.1) is 0 Å². The number of amides is 1. The van der Waals surface area contributed by atoms with Crippen LogP contribution in [-0.4, -0.2) is 35.7 Å². The standard InChI is InChI=1S/C12H14INO3S/c1-17-12(16)10(13)7-14-11(15)8-3-5-9(18-2)6-4-8/h3-6,10H,7H2,1-2H3,(H,14,15). The van der Waals surface area contributed by atoms with E-state index in [1.807, 2.05) is 41.0 Å². The second-order valence-corrected chi connectivity index (χ2v) is 5.81. The molecule has 0 saturated carbocycles. The molecule has 4 nitrogen and oxygen atoms in total. The number of hydrogen-bond acceptors (Lipinski definition) is 4. The van der Waals surface area contributed by atoms with Crippen molar-refractivity contribution in [1.29, 1.82) is 0 Å². The Bertz CT molecular complexity index is 422. The van der Waals surface area contributed by atoms with Crippen molar-refractivity contribution in [2.24, 2.45) is 0 Å². The fourth-order valence-electron chi connectivity index (χ4n) is 1.24. The molecule has 0 fully saturated rings. The van der Waals surface area contributed by atoms with Gasteiger partial charge < -0.3 is 10.1 Å². The Labute approximate surface area is 124 Å². The number of thioether (sulfide) groups is 1. The fourth-order valence-corrected chi connectivity index (χ4v) is 2.12. The first-order valence-electron chi connectivity index (χ1n) is 5.22. The van der Waals surface area contributed by atoms with Gasteiger partial charge in [0.15, 0.2) is 0 Å². The highest BCUT2D eigenvalue weighted by atomic mass is 127. The molecule has 0 aliphatic rings. The molecule has 1 aromatic rings. The molecule has 1 rings (SSSR count). The number of carbonyl (C=O) groups is 2. The average molecular weight is 379 g/mol. The minimum Gasteiger partial charge on any atom is -0.468 e. The molecule has 18 heavy (non-hydrogen) atoms. The maximum absolute atomic E-state index is 11.8. The summed E-state index contributed by atoms with van der Waals surface area (Å²) < 4.78 is 4.21. The van der Waals surface area contributed by atoms with Gasteiger partial charge in [0.25, 0.3) is 5.91 Å². The monoisotopic (exact) mass is 379 g/mol. The number of carbonyl (C=O) groups excluding carboxylic acids is 2. The second kappa shape index (κ2) is 7.63. The normalized spacial score (nSPS) is 11.7. The predicted octanol–water partition coefficient (Wildman–Crippen LogP) is 2.11. The number of rotatable bonds is 5. The zero-order valence-corrected chi connectivity index (χ0v) is 13.1. The van der Waals surface area contributed by atoms with E-state index >= 15 is 0 Å². The molecular weight excluding hydrogens is 365 g/mol. The summed E-state index contributed by atoms with van der Waals surface area (Å²) >= 11 is 3.56. The van der Waals surface area contributed by atoms with Crippen LogP contribution in [0.1, 0.15) is 10.4 Å². The average Bonchev–Trinajstić information content (AvgIpc) is 2.43. The van der Waals surface area contributed by atoms with Crippen LogP contribution in [-0.2, 0) is 9.53 Å². The molecule has 0 aromatic heterocycles. The summed E-state index contributed by atoms with van der Waals surface area (Å²) in [6, 6.07) is 7.31. The SMILES string of the molecule is COC(=O)C(I)CNC(=O)c1ccc(SC)cc1. The summed E-state index contributed by atoms with van der Waals surface area (Å²) in [7, 11) is 1.33. The predicted molar refractivity (Wildman–Crippen MR) is 80.4 cm³/mol. The van der Waals surface area contributed by atoms with E-state index in [0.717, 1.165) is 4.90 Å². The Morgan fingerprint density at radius 2 is 2.00 bits per heavy atom. The Morgan fingerprint density at radius 1 is 1.39 bits per heavy atom. The van der Waals surface area contributed by atoms with Crippen LogP contribution < -0.4 is 5.32 Å². The molecule has 98 valence electrons. The van der Waals surface area contributed by atoms with Crippen molar-refractivity contribution in [2.75, 3.05) is 19.9 Å². The van der Waals surface area contributed by atoms with Gasteiger partial charge in [-0.15, -0.1) is 11.8 Å². The second-order valence-electron chi connectivity index (χ2n) is 3.43. The highest BCUT2D eigenvalue weighted by Gasteiger charge is 2.16. The summed E-state index contributed by atoms with van der Waals surface area (Å²) in [6.45, 7) is 0.260. The van der Waals surface area contributed by atoms with Crippen molar-refractivity contribution < 1.29 is 14.3 Å². The van der Waals surface area contributed by atoms with Gasteiger partial charge in [0.05, 0.1) is 7.11 Å². The van der Waals surface area contributed by atoms with Gasteiger partial charge in [0, 0.05) is 17.0 Å². The van der Waals surface area contributed by atoms with Gasteiger partial charge in [-0.05, 0) is 30.5 Å². The van der Waals surface area contributed by atoms with E-state index in [4.69, 9.17) is 0 Å². The maximum Gasteiger partial charge on any atom is 0.320 e. The molecular formula is C12H14INO3S. The van der Waals surface area contributed by atoms with Crippen LogP contribution in [0.2, 0.25) is 0 Å². The molecule has 0 saturated heterocycles. The van der Waals surface area contributed by atoms with Gasteiger partial charge >= 0.3 is 5.97 Å². The Morgan fingerprint density at radius 3 is 2.50 bits per heavy atom. The minimum atomic E-state index is -0.373. The number of ether oxygens (including phenoxy) is 1. The largest absolute Gasteiger partial charge is 0.468 e. The van der Waals surface area contributed by atoms with Crippen molar-refractivity contribution >= 4 is 46.2 Å². The Hall–Kier alpha value is -0.760. The van der Waals surface area contributed by atoms with E-state index in [2.05, 4.69) is 10.1 Å². The lowest BCUT2D eigenvalue weighted by Crippen LogP contribution is -2.33. The van der Waals surface area contributed by atoms with E-state index in [1.54, 1.807) is 23.9 Å². The molecule has 1 atom stereocenters. The molecule has 0 heterocycles. The number of esters is 1. The van der Waals surface area contributed by atoms with Gasteiger partial charge in [-0.3, -0.25) is 9.59 Å². The number of alkyl halides is 1.